The van der Waals surface area contributed by atoms with E-state index in [0.29, 0.717) is 13.0 Å². The number of halogens is 1. The Bertz CT molecular complexity index is 316. The standard InChI is InChI=1S/C13H20FNO/c1-13(2,3)16-9-12(15)8-10-4-6-11(14)7-5-10/h4-7,12H,8-9,15H2,1-3H3. The van der Waals surface area contributed by atoms with E-state index in [1.165, 1.54) is 12.1 Å². The smallest absolute Gasteiger partial charge is 0.123 e. The van der Waals surface area contributed by atoms with E-state index in [4.69, 9.17) is 10.5 Å². The van der Waals surface area contributed by atoms with Gasteiger partial charge in [0.1, 0.15) is 5.82 Å². The highest BCUT2D eigenvalue weighted by atomic mass is 19.1. The largest absolute Gasteiger partial charge is 0.374 e. The lowest BCUT2D eigenvalue weighted by molar-refractivity contribution is -0.00983. The molecule has 0 aliphatic carbocycles. The Balaban J connectivity index is 2.39. The summed E-state index contributed by atoms with van der Waals surface area (Å²) in [5.74, 6) is -0.219. The molecule has 0 heterocycles. The molecule has 3 heteroatoms. The van der Waals surface area contributed by atoms with Crippen LogP contribution in [0.15, 0.2) is 24.3 Å². The van der Waals surface area contributed by atoms with E-state index >= 15 is 0 Å². The average molecular weight is 225 g/mol. The fourth-order valence-corrected chi connectivity index (χ4v) is 1.34. The van der Waals surface area contributed by atoms with E-state index in [9.17, 15) is 4.39 Å². The van der Waals surface area contributed by atoms with Crippen molar-refractivity contribution in [1.82, 2.24) is 0 Å². The van der Waals surface area contributed by atoms with E-state index in [1.54, 1.807) is 12.1 Å². The van der Waals surface area contributed by atoms with E-state index in [-0.39, 0.29) is 17.5 Å². The molecule has 0 aromatic heterocycles. The number of ether oxygens (including phenoxy) is 1. The van der Waals surface area contributed by atoms with Gasteiger partial charge in [-0.15, -0.1) is 0 Å². The third kappa shape index (κ3) is 5.24. The third-order valence-corrected chi connectivity index (χ3v) is 2.14. The van der Waals surface area contributed by atoms with E-state index in [1.807, 2.05) is 20.8 Å². The summed E-state index contributed by atoms with van der Waals surface area (Å²) in [5, 5.41) is 0. The first kappa shape index (κ1) is 13.1. The predicted octanol–water partition coefficient (Wildman–Crippen LogP) is 2.51. The number of nitrogens with two attached hydrogens (primary N) is 1. The van der Waals surface area contributed by atoms with E-state index in [2.05, 4.69) is 0 Å². The van der Waals surface area contributed by atoms with Gasteiger partial charge >= 0.3 is 0 Å². The van der Waals surface area contributed by atoms with Gasteiger partial charge in [-0.05, 0) is 44.9 Å². The van der Waals surface area contributed by atoms with Crippen LogP contribution in [0.3, 0.4) is 0 Å². The lowest BCUT2D eigenvalue weighted by Gasteiger charge is -2.22. The predicted molar refractivity (Wildman–Crippen MR) is 63.8 cm³/mol. The summed E-state index contributed by atoms with van der Waals surface area (Å²) >= 11 is 0. The normalized spacial score (nSPS) is 13.8. The Hall–Kier alpha value is -0.930. The number of hydrogen-bond acceptors (Lipinski definition) is 2. The van der Waals surface area contributed by atoms with Crippen LogP contribution in [-0.4, -0.2) is 18.2 Å². The molecule has 0 spiro atoms. The maximum atomic E-state index is 12.7. The van der Waals surface area contributed by atoms with Crippen molar-refractivity contribution in [2.24, 2.45) is 5.73 Å². The molecule has 0 radical (unpaired) electrons. The molecule has 90 valence electrons. The summed E-state index contributed by atoms with van der Waals surface area (Å²) in [6.45, 7) is 6.51. The molecule has 1 rings (SSSR count). The minimum absolute atomic E-state index is 0.0512. The molecule has 1 aromatic carbocycles. The SMILES string of the molecule is CC(C)(C)OCC(N)Cc1ccc(F)cc1. The van der Waals surface area contributed by atoms with Crippen LogP contribution in [0.2, 0.25) is 0 Å². The molecule has 0 amide bonds. The number of benzene rings is 1. The number of rotatable bonds is 4. The minimum atomic E-state index is -0.219. The molecule has 0 saturated carbocycles. The van der Waals surface area contributed by atoms with Crippen LogP contribution in [0.25, 0.3) is 0 Å². The quantitative estimate of drug-likeness (QED) is 0.854. The highest BCUT2D eigenvalue weighted by molar-refractivity contribution is 5.17. The Morgan fingerprint density at radius 3 is 2.31 bits per heavy atom. The summed E-state index contributed by atoms with van der Waals surface area (Å²) in [6.07, 6.45) is 0.705. The van der Waals surface area contributed by atoms with Gasteiger partial charge in [0.2, 0.25) is 0 Å². The van der Waals surface area contributed by atoms with Gasteiger partial charge in [-0.25, -0.2) is 4.39 Å². The molecule has 0 aliphatic rings. The molecular weight excluding hydrogens is 205 g/mol. The van der Waals surface area contributed by atoms with Crippen LogP contribution in [0.5, 0.6) is 0 Å². The molecule has 0 saturated heterocycles. The van der Waals surface area contributed by atoms with Crippen LogP contribution < -0.4 is 5.73 Å². The zero-order valence-corrected chi connectivity index (χ0v) is 10.2. The van der Waals surface area contributed by atoms with Crippen LogP contribution in [0, 0.1) is 5.82 Å². The second kappa shape index (κ2) is 5.41. The number of hydrogen-bond donors (Lipinski definition) is 1. The molecule has 0 aliphatic heterocycles. The second-order valence-corrected chi connectivity index (χ2v) is 5.01. The van der Waals surface area contributed by atoms with Gasteiger partial charge in [-0.3, -0.25) is 0 Å². The molecule has 16 heavy (non-hydrogen) atoms. The second-order valence-electron chi connectivity index (χ2n) is 5.01. The van der Waals surface area contributed by atoms with Crippen molar-refractivity contribution in [2.45, 2.75) is 38.8 Å². The Morgan fingerprint density at radius 1 is 1.25 bits per heavy atom. The molecule has 0 bridgehead atoms. The Kier molecular flexibility index (Phi) is 4.44. The highest BCUT2D eigenvalue weighted by Gasteiger charge is 2.13. The first-order valence-corrected chi connectivity index (χ1v) is 5.51. The van der Waals surface area contributed by atoms with Gasteiger partial charge in [0, 0.05) is 6.04 Å². The van der Waals surface area contributed by atoms with E-state index < -0.39 is 0 Å². The van der Waals surface area contributed by atoms with Gasteiger partial charge in [-0.2, -0.15) is 0 Å². The van der Waals surface area contributed by atoms with Crippen molar-refractivity contribution >= 4 is 0 Å². The molecular formula is C13H20FNO. The van der Waals surface area contributed by atoms with Crippen molar-refractivity contribution in [3.63, 3.8) is 0 Å². The Labute approximate surface area is 96.6 Å². The van der Waals surface area contributed by atoms with Crippen molar-refractivity contribution in [1.29, 1.82) is 0 Å². The molecule has 0 fully saturated rings. The fraction of sp³-hybridized carbons (Fsp3) is 0.538. The zero-order chi connectivity index (χ0) is 12.2. The van der Waals surface area contributed by atoms with Crippen molar-refractivity contribution in [3.05, 3.63) is 35.6 Å². The summed E-state index contributed by atoms with van der Waals surface area (Å²) in [6, 6.07) is 6.36. The minimum Gasteiger partial charge on any atom is -0.374 e. The van der Waals surface area contributed by atoms with Gasteiger partial charge in [-0.1, -0.05) is 12.1 Å². The maximum absolute atomic E-state index is 12.7. The highest BCUT2D eigenvalue weighted by Crippen LogP contribution is 2.09. The lowest BCUT2D eigenvalue weighted by atomic mass is 10.1. The first-order chi connectivity index (χ1) is 7.37. The summed E-state index contributed by atoms with van der Waals surface area (Å²) < 4.78 is 18.3. The van der Waals surface area contributed by atoms with Crippen molar-refractivity contribution in [3.8, 4) is 0 Å². The summed E-state index contributed by atoms with van der Waals surface area (Å²) in [7, 11) is 0. The van der Waals surface area contributed by atoms with Gasteiger partial charge < -0.3 is 10.5 Å². The summed E-state index contributed by atoms with van der Waals surface area (Å²) in [4.78, 5) is 0. The van der Waals surface area contributed by atoms with Crippen LogP contribution in [0.4, 0.5) is 4.39 Å². The molecule has 2 N–H and O–H groups in total. The third-order valence-electron chi connectivity index (χ3n) is 2.14. The van der Waals surface area contributed by atoms with Crippen LogP contribution in [0.1, 0.15) is 26.3 Å². The molecule has 1 atom stereocenters. The van der Waals surface area contributed by atoms with Crippen LogP contribution >= 0.6 is 0 Å². The first-order valence-electron chi connectivity index (χ1n) is 5.51. The summed E-state index contributed by atoms with van der Waals surface area (Å²) in [5.41, 5.74) is 6.80. The van der Waals surface area contributed by atoms with Crippen molar-refractivity contribution in [2.75, 3.05) is 6.61 Å². The topological polar surface area (TPSA) is 35.2 Å². The molecule has 1 aromatic rings. The molecule has 2 nitrogen and oxygen atoms in total. The van der Waals surface area contributed by atoms with E-state index in [0.717, 1.165) is 5.56 Å². The maximum Gasteiger partial charge on any atom is 0.123 e. The van der Waals surface area contributed by atoms with Gasteiger partial charge in [0.25, 0.3) is 0 Å². The fourth-order valence-electron chi connectivity index (χ4n) is 1.34. The van der Waals surface area contributed by atoms with Gasteiger partial charge in [0.05, 0.1) is 12.2 Å². The lowest BCUT2D eigenvalue weighted by Crippen LogP contribution is -2.33. The van der Waals surface area contributed by atoms with Crippen LogP contribution in [-0.2, 0) is 11.2 Å². The van der Waals surface area contributed by atoms with Gasteiger partial charge in [0.15, 0.2) is 0 Å². The average Bonchev–Trinajstić information content (AvgIpc) is 2.18. The zero-order valence-electron chi connectivity index (χ0n) is 10.2. The Morgan fingerprint density at radius 2 is 1.81 bits per heavy atom. The molecule has 1 unspecified atom stereocenters. The van der Waals surface area contributed by atoms with Crippen molar-refractivity contribution < 1.29 is 9.13 Å². The monoisotopic (exact) mass is 225 g/mol.